The Labute approximate surface area is 112 Å². The summed E-state index contributed by atoms with van der Waals surface area (Å²) in [5.41, 5.74) is 0.467. The number of rotatable bonds is 5. The van der Waals surface area contributed by atoms with Crippen LogP contribution < -0.4 is 5.32 Å². The molecule has 0 saturated heterocycles. The van der Waals surface area contributed by atoms with Gasteiger partial charge in [-0.05, 0) is 26.8 Å². The van der Waals surface area contributed by atoms with Crippen molar-refractivity contribution in [2.45, 2.75) is 32.1 Å². The molecule has 0 aliphatic heterocycles. The van der Waals surface area contributed by atoms with Crippen LogP contribution in [0.1, 0.15) is 26.5 Å². The molecule has 0 aliphatic rings. The number of aromatic nitrogens is 2. The van der Waals surface area contributed by atoms with Crippen molar-refractivity contribution < 1.29 is 9.53 Å². The van der Waals surface area contributed by atoms with Crippen molar-refractivity contribution >= 4 is 23.7 Å². The molecule has 1 rings (SSSR count). The molecule has 0 radical (unpaired) electrons. The molecule has 0 bridgehead atoms. The average molecular weight is 269 g/mol. The monoisotopic (exact) mass is 269 g/mol. The Morgan fingerprint density at radius 3 is 2.83 bits per heavy atom. The number of nitrogens with one attached hydrogen (secondary N) is 1. The third-order valence-corrected chi connectivity index (χ3v) is 2.77. The van der Waals surface area contributed by atoms with Crippen LogP contribution in [0.2, 0.25) is 0 Å². The molecule has 6 heteroatoms. The highest BCUT2D eigenvalue weighted by Gasteiger charge is 2.15. The molecule has 18 heavy (non-hydrogen) atoms. The van der Waals surface area contributed by atoms with Gasteiger partial charge in [-0.2, -0.15) is 0 Å². The molecule has 0 fully saturated rings. The zero-order chi connectivity index (χ0) is 13.6. The lowest BCUT2D eigenvalue weighted by atomic mass is 10.2. The first-order chi connectivity index (χ1) is 8.40. The Hall–Kier alpha value is -1.30. The summed E-state index contributed by atoms with van der Waals surface area (Å²) in [7, 11) is 1.77. The van der Waals surface area contributed by atoms with Gasteiger partial charge in [-0.15, -0.1) is 11.8 Å². The van der Waals surface area contributed by atoms with Gasteiger partial charge < -0.3 is 10.1 Å². The minimum atomic E-state index is -0.425. The summed E-state index contributed by atoms with van der Waals surface area (Å²) in [6.45, 7) is 5.58. The van der Waals surface area contributed by atoms with Gasteiger partial charge in [0, 0.05) is 19.0 Å². The van der Waals surface area contributed by atoms with Crippen molar-refractivity contribution in [2.75, 3.05) is 18.1 Å². The highest BCUT2D eigenvalue weighted by atomic mass is 32.2. The molecule has 1 N–H and O–H groups in total. The molecule has 1 aromatic rings. The van der Waals surface area contributed by atoms with Crippen LogP contribution in [-0.4, -0.2) is 34.3 Å². The van der Waals surface area contributed by atoms with Crippen LogP contribution in [-0.2, 0) is 15.3 Å². The Morgan fingerprint density at radius 1 is 1.50 bits per heavy atom. The summed E-state index contributed by atoms with van der Waals surface area (Å²) in [6.07, 6.45) is 1.70. The van der Waals surface area contributed by atoms with Crippen LogP contribution in [0.4, 0.5) is 5.95 Å². The molecule has 0 saturated carbocycles. The van der Waals surface area contributed by atoms with Gasteiger partial charge in [0.05, 0.1) is 11.4 Å². The van der Waals surface area contributed by atoms with Gasteiger partial charge in [0.25, 0.3) is 0 Å². The number of ether oxygens (including phenoxy) is 1. The third-order valence-electron chi connectivity index (χ3n) is 1.83. The third kappa shape index (κ3) is 5.86. The van der Waals surface area contributed by atoms with Crippen LogP contribution >= 0.6 is 11.8 Å². The van der Waals surface area contributed by atoms with E-state index in [1.54, 1.807) is 13.2 Å². The van der Waals surface area contributed by atoms with Crippen LogP contribution in [0, 0.1) is 0 Å². The Kier molecular flexibility index (Phi) is 5.40. The number of nitrogens with zero attached hydrogens (tertiary/aromatic N) is 2. The highest BCUT2D eigenvalue weighted by molar-refractivity contribution is 7.99. The standard InChI is InChI=1S/C12H19N3O2S/c1-12(2,3)17-10(16)8-18-7-9-5-6-14-11(13-4)15-9/h5-6H,7-8H2,1-4H3,(H,13,14,15). The van der Waals surface area contributed by atoms with E-state index in [1.165, 1.54) is 11.8 Å². The van der Waals surface area contributed by atoms with Crippen LogP contribution in [0.25, 0.3) is 0 Å². The zero-order valence-electron chi connectivity index (χ0n) is 11.2. The number of hydrogen-bond acceptors (Lipinski definition) is 6. The van der Waals surface area contributed by atoms with Crippen molar-refractivity contribution in [1.82, 2.24) is 9.97 Å². The lowest BCUT2D eigenvalue weighted by molar-refractivity contribution is -0.151. The SMILES string of the molecule is CNc1nccc(CSCC(=O)OC(C)(C)C)n1. The second-order valence-corrected chi connectivity index (χ2v) is 5.69. The van der Waals surface area contributed by atoms with E-state index in [0.29, 0.717) is 17.5 Å². The molecule has 0 unspecified atom stereocenters. The summed E-state index contributed by atoms with van der Waals surface area (Å²) >= 11 is 1.48. The van der Waals surface area contributed by atoms with Gasteiger partial charge >= 0.3 is 5.97 Å². The number of carbonyl (C=O) groups excluding carboxylic acids is 1. The molecule has 0 atom stereocenters. The minimum Gasteiger partial charge on any atom is -0.459 e. The normalized spacial score (nSPS) is 11.1. The molecule has 0 amide bonds. The molecular weight excluding hydrogens is 250 g/mol. The summed E-state index contributed by atoms with van der Waals surface area (Å²) in [4.78, 5) is 19.8. The number of anilines is 1. The summed E-state index contributed by atoms with van der Waals surface area (Å²) in [5.74, 6) is 1.38. The van der Waals surface area contributed by atoms with Crippen molar-refractivity contribution in [3.05, 3.63) is 18.0 Å². The number of thioether (sulfide) groups is 1. The minimum absolute atomic E-state index is 0.199. The van der Waals surface area contributed by atoms with E-state index in [-0.39, 0.29) is 5.97 Å². The van der Waals surface area contributed by atoms with E-state index in [1.807, 2.05) is 26.8 Å². The molecular formula is C12H19N3O2S. The number of hydrogen-bond donors (Lipinski definition) is 1. The summed E-state index contributed by atoms with van der Waals surface area (Å²) < 4.78 is 5.22. The van der Waals surface area contributed by atoms with Gasteiger partial charge in [0.1, 0.15) is 5.60 Å². The zero-order valence-corrected chi connectivity index (χ0v) is 12.0. The second kappa shape index (κ2) is 6.58. The van der Waals surface area contributed by atoms with Gasteiger partial charge in [-0.25, -0.2) is 9.97 Å². The van der Waals surface area contributed by atoms with E-state index in [9.17, 15) is 4.79 Å². The average Bonchev–Trinajstić information content (AvgIpc) is 2.27. The van der Waals surface area contributed by atoms with Crippen LogP contribution in [0.15, 0.2) is 12.3 Å². The lowest BCUT2D eigenvalue weighted by Crippen LogP contribution is -2.24. The van der Waals surface area contributed by atoms with Gasteiger partial charge in [-0.1, -0.05) is 0 Å². The van der Waals surface area contributed by atoms with Gasteiger partial charge in [0.15, 0.2) is 0 Å². The Morgan fingerprint density at radius 2 is 2.22 bits per heavy atom. The lowest BCUT2D eigenvalue weighted by Gasteiger charge is -2.19. The molecule has 0 aliphatic carbocycles. The molecule has 0 spiro atoms. The fourth-order valence-corrected chi connectivity index (χ4v) is 1.90. The van der Waals surface area contributed by atoms with E-state index in [0.717, 1.165) is 5.69 Å². The van der Waals surface area contributed by atoms with Gasteiger partial charge in [-0.3, -0.25) is 4.79 Å². The van der Waals surface area contributed by atoms with E-state index < -0.39 is 5.60 Å². The van der Waals surface area contributed by atoms with Crippen molar-refractivity contribution in [2.24, 2.45) is 0 Å². The maximum absolute atomic E-state index is 11.5. The van der Waals surface area contributed by atoms with Crippen molar-refractivity contribution in [3.63, 3.8) is 0 Å². The Balaban J connectivity index is 2.35. The summed E-state index contributed by atoms with van der Waals surface area (Å²) in [5, 5.41) is 2.87. The first-order valence-corrected chi connectivity index (χ1v) is 6.85. The first-order valence-electron chi connectivity index (χ1n) is 5.70. The van der Waals surface area contributed by atoms with Crippen LogP contribution in [0.3, 0.4) is 0 Å². The van der Waals surface area contributed by atoms with Crippen molar-refractivity contribution in [3.8, 4) is 0 Å². The highest BCUT2D eigenvalue weighted by Crippen LogP contribution is 2.14. The maximum atomic E-state index is 11.5. The summed E-state index contributed by atoms with van der Waals surface area (Å²) in [6, 6.07) is 1.84. The smallest absolute Gasteiger partial charge is 0.316 e. The van der Waals surface area contributed by atoms with E-state index >= 15 is 0 Å². The Bertz CT molecular complexity index is 405. The predicted octanol–water partition coefficient (Wildman–Crippen LogP) is 2.09. The fraction of sp³-hybridized carbons (Fsp3) is 0.583. The molecule has 1 aromatic heterocycles. The molecule has 0 aromatic carbocycles. The van der Waals surface area contributed by atoms with Gasteiger partial charge in [0.2, 0.25) is 5.95 Å². The quantitative estimate of drug-likeness (QED) is 0.826. The number of carbonyl (C=O) groups is 1. The van der Waals surface area contributed by atoms with E-state index in [4.69, 9.17) is 4.74 Å². The second-order valence-electron chi connectivity index (χ2n) is 4.70. The largest absolute Gasteiger partial charge is 0.459 e. The van der Waals surface area contributed by atoms with Crippen molar-refractivity contribution in [1.29, 1.82) is 0 Å². The van der Waals surface area contributed by atoms with E-state index in [2.05, 4.69) is 15.3 Å². The molecule has 100 valence electrons. The first kappa shape index (κ1) is 14.8. The topological polar surface area (TPSA) is 64.1 Å². The maximum Gasteiger partial charge on any atom is 0.316 e. The van der Waals surface area contributed by atoms with Crippen LogP contribution in [0.5, 0.6) is 0 Å². The molecule has 1 heterocycles. The fourth-order valence-electron chi connectivity index (χ4n) is 1.21. The number of esters is 1. The predicted molar refractivity (Wildman–Crippen MR) is 73.6 cm³/mol. The molecule has 5 nitrogen and oxygen atoms in total.